The number of nitrogens with two attached hydrogens (primary N) is 1. The zero-order valence-electron chi connectivity index (χ0n) is 13.4. The number of aryl methyl sites for hydroxylation is 1. The summed E-state index contributed by atoms with van der Waals surface area (Å²) >= 11 is 1.62. The minimum Gasteiger partial charge on any atom is -0.344 e. The first kappa shape index (κ1) is 21.6. The van der Waals surface area contributed by atoms with Gasteiger partial charge in [0.1, 0.15) is 5.01 Å². The zero-order valence-corrected chi connectivity index (χ0v) is 15.9. The van der Waals surface area contributed by atoms with Gasteiger partial charge in [0.15, 0.2) is 0 Å². The first-order valence-electron chi connectivity index (χ1n) is 7.44. The van der Waals surface area contributed by atoms with Crippen molar-refractivity contribution in [3.05, 3.63) is 16.1 Å². The van der Waals surface area contributed by atoms with Crippen molar-refractivity contribution in [1.82, 2.24) is 10.3 Å². The molecule has 1 fully saturated rings. The number of amides is 1. The number of hydrogen-bond donors (Lipinski definition) is 2. The summed E-state index contributed by atoms with van der Waals surface area (Å²) in [6.07, 6.45) is 4.65. The van der Waals surface area contributed by atoms with Gasteiger partial charge in [-0.05, 0) is 39.0 Å². The van der Waals surface area contributed by atoms with Crippen LogP contribution in [0.5, 0.6) is 0 Å². The van der Waals surface area contributed by atoms with Gasteiger partial charge in [0.2, 0.25) is 5.91 Å². The van der Waals surface area contributed by atoms with Crippen LogP contribution in [0.1, 0.15) is 56.7 Å². The van der Waals surface area contributed by atoms with Crippen molar-refractivity contribution in [3.63, 3.8) is 0 Å². The molecule has 0 aliphatic heterocycles. The molecular weight excluding hydrogens is 341 g/mol. The van der Waals surface area contributed by atoms with Gasteiger partial charge in [-0.15, -0.1) is 36.2 Å². The minimum atomic E-state index is -0.362. The Kier molecular flexibility index (Phi) is 8.91. The fourth-order valence-electron chi connectivity index (χ4n) is 2.82. The molecule has 1 aliphatic rings. The lowest BCUT2D eigenvalue weighted by Gasteiger charge is -2.28. The maximum absolute atomic E-state index is 12.3. The first-order valence-corrected chi connectivity index (χ1v) is 8.32. The number of aromatic nitrogens is 1. The number of nitrogens with zero attached hydrogens (tertiary/aromatic N) is 1. The number of nitrogens with one attached hydrogen (secondary N) is 1. The molecule has 3 N–H and O–H groups in total. The molecule has 1 heterocycles. The monoisotopic (exact) mass is 367 g/mol. The Morgan fingerprint density at radius 2 is 2.18 bits per heavy atom. The van der Waals surface area contributed by atoms with Crippen LogP contribution in [-0.2, 0) is 10.3 Å². The van der Waals surface area contributed by atoms with Crippen molar-refractivity contribution in [1.29, 1.82) is 0 Å². The molecule has 1 saturated carbocycles. The number of carbonyl (C=O) groups is 1. The molecule has 0 aromatic carbocycles. The molecule has 128 valence electrons. The molecule has 3 atom stereocenters. The molecule has 0 radical (unpaired) electrons. The lowest BCUT2D eigenvalue weighted by molar-refractivity contribution is -0.124. The molecule has 4 nitrogen and oxygen atoms in total. The Bertz CT molecular complexity index is 483. The summed E-state index contributed by atoms with van der Waals surface area (Å²) in [5.74, 6) is 0.443. The second-order valence-electron chi connectivity index (χ2n) is 6.09. The molecule has 1 aromatic heterocycles. The van der Waals surface area contributed by atoms with E-state index in [1.807, 2.05) is 12.3 Å². The Balaban J connectivity index is 0.00000220. The SMILES string of the molecule is CCC(C)(NC(=O)C[C@@H]1CCC[C@H]1N)c1nc(C)cs1.Cl.Cl. The molecule has 22 heavy (non-hydrogen) atoms. The number of rotatable bonds is 5. The van der Waals surface area contributed by atoms with E-state index in [0.717, 1.165) is 36.4 Å². The molecule has 1 unspecified atom stereocenters. The predicted octanol–water partition coefficient (Wildman–Crippen LogP) is 3.55. The highest BCUT2D eigenvalue weighted by molar-refractivity contribution is 7.09. The molecule has 1 aliphatic carbocycles. The van der Waals surface area contributed by atoms with E-state index < -0.39 is 0 Å². The van der Waals surface area contributed by atoms with Gasteiger partial charge in [0, 0.05) is 23.5 Å². The third kappa shape index (κ3) is 5.08. The average Bonchev–Trinajstić information content (AvgIpc) is 2.99. The molecule has 0 saturated heterocycles. The summed E-state index contributed by atoms with van der Waals surface area (Å²) < 4.78 is 0. The number of carbonyl (C=O) groups excluding carboxylic acids is 1. The van der Waals surface area contributed by atoms with Gasteiger partial charge in [-0.25, -0.2) is 4.98 Å². The maximum atomic E-state index is 12.3. The van der Waals surface area contributed by atoms with Crippen LogP contribution in [-0.4, -0.2) is 16.9 Å². The molecule has 1 amide bonds. The van der Waals surface area contributed by atoms with Crippen LogP contribution in [0.2, 0.25) is 0 Å². The predicted molar refractivity (Wildman–Crippen MR) is 97.1 cm³/mol. The largest absolute Gasteiger partial charge is 0.344 e. The highest BCUT2D eigenvalue weighted by atomic mass is 35.5. The van der Waals surface area contributed by atoms with E-state index in [-0.39, 0.29) is 42.3 Å². The lowest BCUT2D eigenvalue weighted by atomic mass is 9.96. The van der Waals surface area contributed by atoms with E-state index >= 15 is 0 Å². The first-order chi connectivity index (χ1) is 9.44. The van der Waals surface area contributed by atoms with Gasteiger partial charge >= 0.3 is 0 Å². The van der Waals surface area contributed by atoms with Crippen molar-refractivity contribution >= 4 is 42.1 Å². The molecule has 2 rings (SSSR count). The van der Waals surface area contributed by atoms with E-state index in [0.29, 0.717) is 12.3 Å². The standard InChI is InChI=1S/C15H25N3OS.2ClH/c1-4-15(3,14-17-10(2)9-20-14)18-13(19)8-11-6-5-7-12(11)16;;/h9,11-12H,4-8,16H2,1-3H3,(H,18,19);2*1H/t11-,12+,15?;;/m0../s1. The third-order valence-electron chi connectivity index (χ3n) is 4.38. The highest BCUT2D eigenvalue weighted by Gasteiger charge is 2.32. The number of halogens is 2. The Hall–Kier alpha value is -0.360. The van der Waals surface area contributed by atoms with Gasteiger partial charge in [0.05, 0.1) is 5.54 Å². The zero-order chi connectivity index (χ0) is 14.8. The van der Waals surface area contributed by atoms with Crippen molar-refractivity contribution < 1.29 is 4.79 Å². The van der Waals surface area contributed by atoms with Crippen LogP contribution in [0, 0.1) is 12.8 Å². The molecule has 7 heteroatoms. The van der Waals surface area contributed by atoms with Crippen molar-refractivity contribution in [3.8, 4) is 0 Å². The topological polar surface area (TPSA) is 68.0 Å². The summed E-state index contributed by atoms with van der Waals surface area (Å²) in [6, 6.07) is 0.190. The Labute approximate surface area is 149 Å². The quantitative estimate of drug-likeness (QED) is 0.835. The maximum Gasteiger partial charge on any atom is 0.221 e. The summed E-state index contributed by atoms with van der Waals surface area (Å²) in [6.45, 7) is 6.12. The van der Waals surface area contributed by atoms with Crippen LogP contribution < -0.4 is 11.1 Å². The fraction of sp³-hybridized carbons (Fsp3) is 0.733. The molecule has 0 spiro atoms. The van der Waals surface area contributed by atoms with Gasteiger partial charge in [-0.2, -0.15) is 0 Å². The number of hydrogen-bond acceptors (Lipinski definition) is 4. The summed E-state index contributed by atoms with van der Waals surface area (Å²) in [5, 5.41) is 6.19. The van der Waals surface area contributed by atoms with E-state index in [9.17, 15) is 4.79 Å². The third-order valence-corrected chi connectivity index (χ3v) is 5.60. The second kappa shape index (κ2) is 9.06. The summed E-state index contributed by atoms with van der Waals surface area (Å²) in [4.78, 5) is 16.8. The minimum absolute atomic E-state index is 0. The van der Waals surface area contributed by atoms with Crippen molar-refractivity contribution in [2.24, 2.45) is 11.7 Å². The van der Waals surface area contributed by atoms with Crippen molar-refractivity contribution in [2.75, 3.05) is 0 Å². The van der Waals surface area contributed by atoms with Crippen LogP contribution in [0.25, 0.3) is 0 Å². The van der Waals surface area contributed by atoms with Gasteiger partial charge < -0.3 is 11.1 Å². The average molecular weight is 368 g/mol. The fourth-order valence-corrected chi connectivity index (χ4v) is 3.80. The lowest BCUT2D eigenvalue weighted by Crippen LogP contribution is -2.44. The van der Waals surface area contributed by atoms with E-state index in [1.54, 1.807) is 11.3 Å². The summed E-state index contributed by atoms with van der Waals surface area (Å²) in [5.41, 5.74) is 6.70. The normalized spacial score (nSPS) is 23.1. The van der Waals surface area contributed by atoms with Gasteiger partial charge in [-0.3, -0.25) is 4.79 Å². The second-order valence-corrected chi connectivity index (χ2v) is 6.94. The smallest absolute Gasteiger partial charge is 0.221 e. The molecular formula is C15H27Cl2N3OS. The van der Waals surface area contributed by atoms with E-state index in [1.165, 1.54) is 0 Å². The Morgan fingerprint density at radius 1 is 1.50 bits per heavy atom. The molecule has 0 bridgehead atoms. The van der Waals surface area contributed by atoms with E-state index in [2.05, 4.69) is 24.1 Å². The molecule has 1 aromatic rings. The van der Waals surface area contributed by atoms with Crippen LogP contribution in [0.15, 0.2) is 5.38 Å². The van der Waals surface area contributed by atoms with Gasteiger partial charge in [0.25, 0.3) is 0 Å². The van der Waals surface area contributed by atoms with E-state index in [4.69, 9.17) is 5.73 Å². The van der Waals surface area contributed by atoms with Crippen LogP contribution in [0.3, 0.4) is 0 Å². The number of thiazole rings is 1. The van der Waals surface area contributed by atoms with Crippen LogP contribution in [0.4, 0.5) is 0 Å². The Morgan fingerprint density at radius 3 is 2.64 bits per heavy atom. The van der Waals surface area contributed by atoms with Crippen LogP contribution >= 0.6 is 36.2 Å². The highest BCUT2D eigenvalue weighted by Crippen LogP contribution is 2.30. The summed E-state index contributed by atoms with van der Waals surface area (Å²) in [7, 11) is 0. The van der Waals surface area contributed by atoms with Crippen molar-refractivity contribution in [2.45, 2.75) is 64.5 Å². The van der Waals surface area contributed by atoms with Gasteiger partial charge in [-0.1, -0.05) is 13.3 Å².